The first-order valence-electron chi connectivity index (χ1n) is 8.26. The van der Waals surface area contributed by atoms with Crippen molar-refractivity contribution < 1.29 is 12.8 Å². The summed E-state index contributed by atoms with van der Waals surface area (Å²) in [4.78, 5) is 10.5. The van der Waals surface area contributed by atoms with Gasteiger partial charge in [-0.25, -0.2) is 18.4 Å². The molecule has 2 aromatic rings. The standard InChI is InChI=1S/C17H21N3O3S/c1-11-7-14(11)16-4-3-13(23-16)10-20-6-5-15-12(9-20)8-18-17(19-15)24(2,21)22/h3-4,8,11,14H,5-7,9-10H2,1-2H3. The van der Waals surface area contributed by atoms with Crippen LogP contribution in [-0.4, -0.2) is 36.1 Å². The molecule has 24 heavy (non-hydrogen) atoms. The fourth-order valence-electron chi connectivity index (χ4n) is 3.29. The van der Waals surface area contributed by atoms with Crippen molar-refractivity contribution in [3.8, 4) is 0 Å². The van der Waals surface area contributed by atoms with Crippen molar-refractivity contribution in [3.63, 3.8) is 0 Å². The highest BCUT2D eigenvalue weighted by Crippen LogP contribution is 2.47. The topological polar surface area (TPSA) is 76.3 Å². The van der Waals surface area contributed by atoms with Gasteiger partial charge in [0.15, 0.2) is 0 Å². The van der Waals surface area contributed by atoms with Crippen molar-refractivity contribution in [2.45, 2.75) is 43.9 Å². The zero-order valence-corrected chi connectivity index (χ0v) is 14.7. The average Bonchev–Trinajstić information content (AvgIpc) is 3.08. The SMILES string of the molecule is CC1CC1c1ccc(CN2CCc3nc(S(C)(=O)=O)ncc3C2)o1. The number of sulfone groups is 1. The summed E-state index contributed by atoms with van der Waals surface area (Å²) in [6.07, 6.45) is 4.74. The van der Waals surface area contributed by atoms with Gasteiger partial charge in [-0.05, 0) is 24.5 Å². The Hall–Kier alpha value is -1.73. The first kappa shape index (κ1) is 15.8. The van der Waals surface area contributed by atoms with Gasteiger partial charge in [-0.2, -0.15) is 0 Å². The Labute approximate surface area is 141 Å². The van der Waals surface area contributed by atoms with Gasteiger partial charge >= 0.3 is 0 Å². The van der Waals surface area contributed by atoms with Crippen LogP contribution < -0.4 is 0 Å². The van der Waals surface area contributed by atoms with Crippen LogP contribution in [0.1, 0.15) is 42.0 Å². The molecule has 1 fully saturated rings. The van der Waals surface area contributed by atoms with Crippen molar-refractivity contribution in [1.82, 2.24) is 14.9 Å². The third-order valence-electron chi connectivity index (χ3n) is 4.86. The molecule has 128 valence electrons. The molecule has 0 spiro atoms. The van der Waals surface area contributed by atoms with E-state index in [9.17, 15) is 8.42 Å². The maximum Gasteiger partial charge on any atom is 0.246 e. The summed E-state index contributed by atoms with van der Waals surface area (Å²) in [6.45, 7) is 4.56. The minimum absolute atomic E-state index is 0.0797. The molecular weight excluding hydrogens is 326 g/mol. The summed E-state index contributed by atoms with van der Waals surface area (Å²) >= 11 is 0. The summed E-state index contributed by atoms with van der Waals surface area (Å²) in [5.74, 6) is 3.44. The second-order valence-electron chi connectivity index (χ2n) is 6.98. The molecule has 0 bridgehead atoms. The number of aromatic nitrogens is 2. The van der Waals surface area contributed by atoms with Gasteiger partial charge in [0.2, 0.25) is 15.0 Å². The van der Waals surface area contributed by atoms with Crippen molar-refractivity contribution >= 4 is 9.84 Å². The Morgan fingerprint density at radius 1 is 1.38 bits per heavy atom. The van der Waals surface area contributed by atoms with E-state index in [-0.39, 0.29) is 5.16 Å². The lowest BCUT2D eigenvalue weighted by molar-refractivity contribution is 0.220. The Balaban J connectivity index is 1.45. The molecule has 2 atom stereocenters. The first-order chi connectivity index (χ1) is 11.4. The molecule has 0 radical (unpaired) electrons. The number of hydrogen-bond acceptors (Lipinski definition) is 6. The molecule has 2 unspecified atom stereocenters. The fourth-order valence-corrected chi connectivity index (χ4v) is 3.81. The highest BCUT2D eigenvalue weighted by Gasteiger charge is 2.36. The van der Waals surface area contributed by atoms with Crippen molar-refractivity contribution in [2.75, 3.05) is 12.8 Å². The molecule has 0 saturated heterocycles. The molecule has 6 nitrogen and oxygen atoms in total. The maximum atomic E-state index is 11.6. The Kier molecular flexibility index (Phi) is 3.73. The predicted molar refractivity (Wildman–Crippen MR) is 88.2 cm³/mol. The molecule has 1 aliphatic carbocycles. The lowest BCUT2D eigenvalue weighted by Gasteiger charge is -2.27. The molecule has 4 rings (SSSR count). The van der Waals surface area contributed by atoms with E-state index in [4.69, 9.17) is 4.42 Å². The lowest BCUT2D eigenvalue weighted by Crippen LogP contribution is -2.31. The van der Waals surface area contributed by atoms with Gasteiger partial charge in [0.25, 0.3) is 0 Å². The largest absolute Gasteiger partial charge is 0.464 e. The van der Waals surface area contributed by atoms with Gasteiger partial charge in [0.1, 0.15) is 11.5 Å². The monoisotopic (exact) mass is 347 g/mol. The van der Waals surface area contributed by atoms with Crippen LogP contribution in [0, 0.1) is 5.92 Å². The molecule has 2 aromatic heterocycles. The zero-order valence-electron chi connectivity index (χ0n) is 13.9. The average molecular weight is 347 g/mol. The first-order valence-corrected chi connectivity index (χ1v) is 10.1. The van der Waals surface area contributed by atoms with E-state index in [0.717, 1.165) is 61.0 Å². The van der Waals surface area contributed by atoms with Crippen molar-refractivity contribution in [3.05, 3.63) is 41.1 Å². The molecule has 0 N–H and O–H groups in total. The quantitative estimate of drug-likeness (QED) is 0.789. The Morgan fingerprint density at radius 2 is 2.17 bits per heavy atom. The number of nitrogens with zero attached hydrogens (tertiary/aromatic N) is 3. The predicted octanol–water partition coefficient (Wildman–Crippen LogP) is 2.15. The third kappa shape index (κ3) is 3.10. The van der Waals surface area contributed by atoms with Crippen LogP contribution in [-0.2, 0) is 29.3 Å². The van der Waals surface area contributed by atoms with E-state index in [1.807, 2.05) is 0 Å². The number of hydrogen-bond donors (Lipinski definition) is 0. The van der Waals surface area contributed by atoms with Gasteiger partial charge in [-0.1, -0.05) is 6.92 Å². The van der Waals surface area contributed by atoms with E-state index in [1.54, 1.807) is 6.20 Å². The Bertz CT molecular complexity index is 875. The summed E-state index contributed by atoms with van der Waals surface area (Å²) in [5, 5.41) is -0.0797. The maximum absolute atomic E-state index is 11.6. The summed E-state index contributed by atoms with van der Waals surface area (Å²) < 4.78 is 29.1. The van der Waals surface area contributed by atoms with Crippen molar-refractivity contribution in [1.29, 1.82) is 0 Å². The number of rotatable bonds is 4. The van der Waals surface area contributed by atoms with Crippen LogP contribution in [0.25, 0.3) is 0 Å². The molecule has 1 saturated carbocycles. The van der Waals surface area contributed by atoms with Crippen LogP contribution in [0.15, 0.2) is 27.9 Å². The zero-order chi connectivity index (χ0) is 16.9. The van der Waals surface area contributed by atoms with Crippen LogP contribution in [0.5, 0.6) is 0 Å². The minimum Gasteiger partial charge on any atom is -0.464 e. The van der Waals surface area contributed by atoms with Crippen LogP contribution in [0.4, 0.5) is 0 Å². The molecular formula is C17H21N3O3S. The summed E-state index contributed by atoms with van der Waals surface area (Å²) in [7, 11) is -3.35. The molecule has 1 aliphatic heterocycles. The smallest absolute Gasteiger partial charge is 0.246 e. The van der Waals surface area contributed by atoms with E-state index in [0.29, 0.717) is 5.92 Å². The van der Waals surface area contributed by atoms with E-state index in [2.05, 4.69) is 33.9 Å². The second-order valence-corrected chi connectivity index (χ2v) is 8.89. The van der Waals surface area contributed by atoms with Gasteiger partial charge in [-0.3, -0.25) is 4.90 Å². The third-order valence-corrected chi connectivity index (χ3v) is 5.72. The van der Waals surface area contributed by atoms with Crippen LogP contribution in [0.2, 0.25) is 0 Å². The van der Waals surface area contributed by atoms with Crippen molar-refractivity contribution in [2.24, 2.45) is 5.92 Å². The van der Waals surface area contributed by atoms with E-state index < -0.39 is 9.84 Å². The molecule has 7 heteroatoms. The Morgan fingerprint density at radius 3 is 2.88 bits per heavy atom. The minimum atomic E-state index is -3.35. The molecule has 0 aromatic carbocycles. The van der Waals surface area contributed by atoms with Crippen LogP contribution in [0.3, 0.4) is 0 Å². The van der Waals surface area contributed by atoms with Gasteiger partial charge in [0.05, 0.1) is 12.2 Å². The highest BCUT2D eigenvalue weighted by atomic mass is 32.2. The number of fused-ring (bicyclic) bond motifs is 1. The molecule has 2 aliphatic rings. The van der Waals surface area contributed by atoms with Gasteiger partial charge in [-0.15, -0.1) is 0 Å². The second kappa shape index (κ2) is 5.67. The fraction of sp³-hybridized carbons (Fsp3) is 0.529. The van der Waals surface area contributed by atoms with E-state index >= 15 is 0 Å². The van der Waals surface area contributed by atoms with Crippen LogP contribution >= 0.6 is 0 Å². The highest BCUT2D eigenvalue weighted by molar-refractivity contribution is 7.90. The molecule has 0 amide bonds. The molecule has 3 heterocycles. The van der Waals surface area contributed by atoms with E-state index in [1.165, 1.54) is 6.42 Å². The van der Waals surface area contributed by atoms with Gasteiger partial charge in [0, 0.05) is 43.4 Å². The lowest BCUT2D eigenvalue weighted by atomic mass is 10.1. The normalized spacial score (nSPS) is 23.9. The number of furan rings is 1. The summed E-state index contributed by atoms with van der Waals surface area (Å²) in [6, 6.07) is 4.17. The summed E-state index contributed by atoms with van der Waals surface area (Å²) in [5.41, 5.74) is 1.84. The van der Waals surface area contributed by atoms with Gasteiger partial charge < -0.3 is 4.42 Å².